The van der Waals surface area contributed by atoms with Crippen LogP contribution in [0.5, 0.6) is 0 Å². The van der Waals surface area contributed by atoms with E-state index in [1.807, 2.05) is 62.3 Å². The molecule has 6 nitrogen and oxygen atoms in total. The molecular formula is C20H38O6. The lowest BCUT2D eigenvalue weighted by molar-refractivity contribution is -0.358. The smallest absolute Gasteiger partial charge is 0.312 e. The van der Waals surface area contributed by atoms with Crippen molar-refractivity contribution < 1.29 is 28.8 Å². The Morgan fingerprint density at radius 1 is 0.769 bits per heavy atom. The minimum absolute atomic E-state index is 0.0658. The first-order valence-electron chi connectivity index (χ1n) is 9.52. The molecule has 0 saturated heterocycles. The van der Waals surface area contributed by atoms with Gasteiger partial charge in [0.25, 0.3) is 0 Å². The van der Waals surface area contributed by atoms with Gasteiger partial charge in [-0.2, -0.15) is 0 Å². The normalized spacial score (nSPS) is 14.0. The van der Waals surface area contributed by atoms with Gasteiger partial charge in [0.15, 0.2) is 0 Å². The fourth-order valence-electron chi connectivity index (χ4n) is 1.60. The summed E-state index contributed by atoms with van der Waals surface area (Å²) in [5, 5.41) is 0. The lowest BCUT2D eigenvalue weighted by atomic mass is 10.0. The fourth-order valence-corrected chi connectivity index (χ4v) is 1.60. The number of hydrogen-bond donors (Lipinski definition) is 0. The molecule has 0 amide bonds. The molecule has 0 aliphatic heterocycles. The summed E-state index contributed by atoms with van der Waals surface area (Å²) in [6.07, 6.45) is 1.98. The van der Waals surface area contributed by atoms with E-state index in [4.69, 9.17) is 19.2 Å². The fraction of sp³-hybridized carbons (Fsp3) is 0.900. The van der Waals surface area contributed by atoms with Gasteiger partial charge in [0.2, 0.25) is 0 Å². The summed E-state index contributed by atoms with van der Waals surface area (Å²) < 4.78 is 11.0. The molecule has 0 aromatic heterocycles. The molecule has 0 aromatic rings. The van der Waals surface area contributed by atoms with Gasteiger partial charge in [-0.1, -0.05) is 20.8 Å². The van der Waals surface area contributed by atoms with Crippen LogP contribution in [0.2, 0.25) is 0 Å². The van der Waals surface area contributed by atoms with E-state index in [9.17, 15) is 9.59 Å². The summed E-state index contributed by atoms with van der Waals surface area (Å²) in [4.78, 5) is 35.4. The van der Waals surface area contributed by atoms with Gasteiger partial charge in [-0.15, -0.1) is 0 Å². The molecule has 0 rings (SSSR count). The summed E-state index contributed by atoms with van der Waals surface area (Å²) in [7, 11) is 0. The molecule has 0 N–H and O–H groups in total. The zero-order valence-electron chi connectivity index (χ0n) is 18.1. The van der Waals surface area contributed by atoms with Crippen molar-refractivity contribution in [2.45, 2.75) is 105 Å². The van der Waals surface area contributed by atoms with Crippen LogP contribution in [0.3, 0.4) is 0 Å². The highest BCUT2D eigenvalue weighted by Gasteiger charge is 2.32. The molecule has 0 fully saturated rings. The number of rotatable bonds is 12. The molecule has 0 heterocycles. The Morgan fingerprint density at radius 3 is 1.69 bits per heavy atom. The van der Waals surface area contributed by atoms with Crippen LogP contribution in [0.25, 0.3) is 0 Å². The average Bonchev–Trinajstić information content (AvgIpc) is 2.52. The average molecular weight is 375 g/mol. The first kappa shape index (κ1) is 24.9. The van der Waals surface area contributed by atoms with Crippen molar-refractivity contribution >= 4 is 11.9 Å². The van der Waals surface area contributed by atoms with Crippen LogP contribution in [-0.4, -0.2) is 35.3 Å². The van der Waals surface area contributed by atoms with Gasteiger partial charge in [0.05, 0.1) is 24.5 Å². The third kappa shape index (κ3) is 10.1. The van der Waals surface area contributed by atoms with Crippen LogP contribution < -0.4 is 0 Å². The van der Waals surface area contributed by atoms with Crippen LogP contribution >= 0.6 is 0 Å². The van der Waals surface area contributed by atoms with Crippen LogP contribution in [0.1, 0.15) is 88.0 Å². The van der Waals surface area contributed by atoms with Gasteiger partial charge in [-0.05, 0) is 60.8 Å². The Balaban J connectivity index is 4.98. The van der Waals surface area contributed by atoms with Gasteiger partial charge in [0.1, 0.15) is 11.2 Å². The van der Waals surface area contributed by atoms with Crippen LogP contribution in [0.15, 0.2) is 0 Å². The summed E-state index contributed by atoms with van der Waals surface area (Å²) in [5.41, 5.74) is -1.65. The van der Waals surface area contributed by atoms with Crippen molar-refractivity contribution in [1.82, 2.24) is 0 Å². The van der Waals surface area contributed by atoms with Crippen LogP contribution in [-0.2, 0) is 28.8 Å². The molecule has 154 valence electrons. The molecule has 26 heavy (non-hydrogen) atoms. The van der Waals surface area contributed by atoms with Gasteiger partial charge in [0, 0.05) is 0 Å². The van der Waals surface area contributed by atoms with Crippen molar-refractivity contribution in [2.75, 3.05) is 6.61 Å². The second-order valence-electron chi connectivity index (χ2n) is 8.50. The molecule has 1 atom stereocenters. The number of esters is 2. The van der Waals surface area contributed by atoms with E-state index in [0.29, 0.717) is 12.8 Å². The monoisotopic (exact) mass is 374 g/mol. The first-order chi connectivity index (χ1) is 11.8. The van der Waals surface area contributed by atoms with E-state index in [-0.39, 0.29) is 13.0 Å². The lowest BCUT2D eigenvalue weighted by Crippen LogP contribution is -2.36. The zero-order valence-corrected chi connectivity index (χ0v) is 18.1. The molecule has 1 unspecified atom stereocenters. The second kappa shape index (κ2) is 10.3. The number of ether oxygens (including phenoxy) is 2. The molecule has 0 aromatic carbocycles. The Hall–Kier alpha value is -1.14. The van der Waals surface area contributed by atoms with E-state index in [0.717, 1.165) is 6.42 Å². The molecular weight excluding hydrogens is 336 g/mol. The molecule has 0 radical (unpaired) electrons. The molecule has 0 aliphatic carbocycles. The molecule has 0 aliphatic rings. The molecule has 0 bridgehead atoms. The first-order valence-corrected chi connectivity index (χ1v) is 9.52. The van der Waals surface area contributed by atoms with Crippen molar-refractivity contribution in [2.24, 2.45) is 5.92 Å². The van der Waals surface area contributed by atoms with Crippen molar-refractivity contribution in [3.8, 4) is 0 Å². The highest BCUT2D eigenvalue weighted by molar-refractivity contribution is 5.80. The van der Waals surface area contributed by atoms with Crippen LogP contribution in [0.4, 0.5) is 0 Å². The highest BCUT2D eigenvalue weighted by Crippen LogP contribution is 2.22. The summed E-state index contributed by atoms with van der Waals surface area (Å²) >= 11 is 0. The van der Waals surface area contributed by atoms with E-state index in [2.05, 4.69) is 0 Å². The van der Waals surface area contributed by atoms with Crippen molar-refractivity contribution in [3.63, 3.8) is 0 Å². The summed E-state index contributed by atoms with van der Waals surface area (Å²) in [5.74, 6) is -1.72. The van der Waals surface area contributed by atoms with E-state index >= 15 is 0 Å². The summed E-state index contributed by atoms with van der Waals surface area (Å²) in [6.45, 7) is 16.9. The quantitative estimate of drug-likeness (QED) is 0.283. The third-order valence-electron chi connectivity index (χ3n) is 4.62. The van der Waals surface area contributed by atoms with E-state index < -0.39 is 34.7 Å². The topological polar surface area (TPSA) is 71.1 Å². The predicted octanol–water partition coefficient (Wildman–Crippen LogP) is 4.59. The Morgan fingerprint density at radius 2 is 1.23 bits per heavy atom. The summed E-state index contributed by atoms with van der Waals surface area (Å²) in [6, 6.07) is 0. The SMILES string of the molecule is CCC(C)(C)OOCC(CC(=O)OC(C)(C)CC)C(=O)OC(C)(C)CC. The van der Waals surface area contributed by atoms with Gasteiger partial charge in [-0.3, -0.25) is 9.59 Å². The van der Waals surface area contributed by atoms with Crippen LogP contribution in [0, 0.1) is 5.92 Å². The minimum atomic E-state index is -0.784. The van der Waals surface area contributed by atoms with Gasteiger partial charge >= 0.3 is 11.9 Å². The van der Waals surface area contributed by atoms with Gasteiger partial charge in [-0.25, -0.2) is 9.78 Å². The maximum atomic E-state index is 12.5. The predicted molar refractivity (Wildman–Crippen MR) is 100 cm³/mol. The van der Waals surface area contributed by atoms with Crippen molar-refractivity contribution in [3.05, 3.63) is 0 Å². The number of carbonyl (C=O) groups excluding carboxylic acids is 2. The Labute approximate surface area is 158 Å². The highest BCUT2D eigenvalue weighted by atomic mass is 17.2. The molecule has 6 heteroatoms. The number of hydrogen-bond acceptors (Lipinski definition) is 6. The lowest BCUT2D eigenvalue weighted by Gasteiger charge is -2.28. The molecule has 0 saturated carbocycles. The Kier molecular flexibility index (Phi) is 9.81. The van der Waals surface area contributed by atoms with E-state index in [1.54, 1.807) is 0 Å². The van der Waals surface area contributed by atoms with Crippen molar-refractivity contribution in [1.29, 1.82) is 0 Å². The van der Waals surface area contributed by atoms with E-state index in [1.165, 1.54) is 0 Å². The third-order valence-corrected chi connectivity index (χ3v) is 4.62. The maximum absolute atomic E-state index is 12.5. The van der Waals surface area contributed by atoms with Gasteiger partial charge < -0.3 is 9.47 Å². The minimum Gasteiger partial charge on any atom is -0.460 e. The second-order valence-corrected chi connectivity index (χ2v) is 8.50. The Bertz CT molecular complexity index is 453. The maximum Gasteiger partial charge on any atom is 0.312 e. The molecule has 0 spiro atoms. The number of carbonyl (C=O) groups is 2. The zero-order chi connectivity index (χ0) is 20.6. The standard InChI is InChI=1S/C20H38O6/c1-10-18(4,5)24-16(21)13-15(14-23-26-20(8,9)12-3)17(22)25-19(6,7)11-2/h15H,10-14H2,1-9H3. The largest absolute Gasteiger partial charge is 0.460 e.